The van der Waals surface area contributed by atoms with Gasteiger partial charge >= 0.3 is 5.97 Å². The minimum absolute atomic E-state index is 0.000648. The van der Waals surface area contributed by atoms with E-state index in [9.17, 15) is 13.6 Å². The van der Waals surface area contributed by atoms with Crippen LogP contribution in [0.1, 0.15) is 18.4 Å². The molecule has 1 unspecified atom stereocenters. The summed E-state index contributed by atoms with van der Waals surface area (Å²) >= 11 is 0. The molecule has 0 radical (unpaired) electrons. The minimum atomic E-state index is -3.03. The van der Waals surface area contributed by atoms with Crippen molar-refractivity contribution in [1.29, 1.82) is 0 Å². The molecule has 16 heavy (non-hydrogen) atoms. The van der Waals surface area contributed by atoms with Gasteiger partial charge in [-0.1, -0.05) is 30.3 Å². The van der Waals surface area contributed by atoms with Crippen LogP contribution >= 0.6 is 0 Å². The molecule has 1 fully saturated rings. The average molecular weight is 226 g/mol. The molecule has 1 aromatic rings. The molecular formula is C12H12F2O2. The molecule has 1 aliphatic carbocycles. The highest BCUT2D eigenvalue weighted by atomic mass is 19.3. The van der Waals surface area contributed by atoms with E-state index in [0.29, 0.717) is 6.42 Å². The van der Waals surface area contributed by atoms with Gasteiger partial charge in [0.05, 0.1) is 0 Å². The molecule has 1 N–H and O–H groups in total. The van der Waals surface area contributed by atoms with Crippen LogP contribution in [0.2, 0.25) is 0 Å². The van der Waals surface area contributed by atoms with Crippen molar-refractivity contribution in [1.82, 2.24) is 0 Å². The normalized spacial score (nSPS) is 26.4. The number of hydrogen-bond acceptors (Lipinski definition) is 1. The second-order valence-corrected chi connectivity index (χ2v) is 4.25. The lowest BCUT2D eigenvalue weighted by atomic mass is 9.96. The van der Waals surface area contributed by atoms with E-state index in [0.717, 1.165) is 5.56 Å². The summed E-state index contributed by atoms with van der Waals surface area (Å²) in [5.74, 6) is -4.42. The summed E-state index contributed by atoms with van der Waals surface area (Å²) in [7, 11) is 0. The van der Waals surface area contributed by atoms with Crippen LogP contribution in [0.25, 0.3) is 0 Å². The summed E-state index contributed by atoms with van der Waals surface area (Å²) in [5, 5.41) is 8.84. The van der Waals surface area contributed by atoms with Crippen LogP contribution in [-0.4, -0.2) is 17.0 Å². The Bertz CT molecular complexity index is 403. The summed E-state index contributed by atoms with van der Waals surface area (Å²) in [6.07, 6.45) is -0.149. The standard InChI is InChI=1S/C12H12F2O2/c13-12(14)8-11(12,10(15)16)7-6-9-4-2-1-3-5-9/h1-5H,6-8H2,(H,15,16). The van der Waals surface area contributed by atoms with Gasteiger partial charge in [-0.3, -0.25) is 4.79 Å². The van der Waals surface area contributed by atoms with Crippen molar-refractivity contribution >= 4 is 5.97 Å². The zero-order valence-corrected chi connectivity index (χ0v) is 8.62. The Balaban J connectivity index is 2.03. The predicted molar refractivity (Wildman–Crippen MR) is 54.4 cm³/mol. The van der Waals surface area contributed by atoms with E-state index in [1.165, 1.54) is 0 Å². The molecule has 86 valence electrons. The van der Waals surface area contributed by atoms with E-state index < -0.39 is 23.7 Å². The van der Waals surface area contributed by atoms with Crippen LogP contribution < -0.4 is 0 Å². The van der Waals surface area contributed by atoms with Gasteiger partial charge < -0.3 is 5.11 Å². The first-order valence-electron chi connectivity index (χ1n) is 5.13. The summed E-state index contributed by atoms with van der Waals surface area (Å²) in [5.41, 5.74) is -0.922. The van der Waals surface area contributed by atoms with Crippen molar-refractivity contribution in [3.63, 3.8) is 0 Å². The lowest BCUT2D eigenvalue weighted by Gasteiger charge is -2.10. The number of halogens is 2. The van der Waals surface area contributed by atoms with Crippen LogP contribution in [0.4, 0.5) is 8.78 Å². The Morgan fingerprint density at radius 3 is 2.31 bits per heavy atom. The fraction of sp³-hybridized carbons (Fsp3) is 0.417. The number of carbonyl (C=O) groups is 1. The van der Waals surface area contributed by atoms with Crippen molar-refractivity contribution in [3.05, 3.63) is 35.9 Å². The molecular weight excluding hydrogens is 214 g/mol. The lowest BCUT2D eigenvalue weighted by molar-refractivity contribution is -0.147. The fourth-order valence-corrected chi connectivity index (χ4v) is 1.95. The SMILES string of the molecule is O=C(O)C1(CCc2ccccc2)CC1(F)F. The third kappa shape index (κ3) is 1.68. The highest BCUT2D eigenvalue weighted by Crippen LogP contribution is 2.63. The Labute approximate surface area is 91.9 Å². The number of aliphatic carboxylic acids is 1. The zero-order chi connectivity index (χ0) is 11.8. The molecule has 0 amide bonds. The van der Waals surface area contributed by atoms with Crippen LogP contribution in [-0.2, 0) is 11.2 Å². The van der Waals surface area contributed by atoms with Gasteiger partial charge in [-0.2, -0.15) is 0 Å². The van der Waals surface area contributed by atoms with Gasteiger partial charge in [0.1, 0.15) is 5.41 Å². The third-order valence-corrected chi connectivity index (χ3v) is 3.19. The molecule has 1 aromatic carbocycles. The molecule has 0 aliphatic heterocycles. The van der Waals surface area contributed by atoms with Crippen molar-refractivity contribution in [2.45, 2.75) is 25.2 Å². The molecule has 4 heteroatoms. The summed E-state index contributed by atoms with van der Waals surface area (Å²) in [6, 6.07) is 9.09. The Morgan fingerprint density at radius 2 is 1.88 bits per heavy atom. The van der Waals surface area contributed by atoms with Gasteiger partial charge in [0.15, 0.2) is 0 Å². The van der Waals surface area contributed by atoms with Gasteiger partial charge in [0.25, 0.3) is 5.92 Å². The topological polar surface area (TPSA) is 37.3 Å². The van der Waals surface area contributed by atoms with Gasteiger partial charge in [-0.05, 0) is 18.4 Å². The summed E-state index contributed by atoms with van der Waals surface area (Å²) in [6.45, 7) is 0. The van der Waals surface area contributed by atoms with Gasteiger partial charge in [0, 0.05) is 6.42 Å². The van der Waals surface area contributed by atoms with Crippen molar-refractivity contribution < 1.29 is 18.7 Å². The van der Waals surface area contributed by atoms with E-state index in [1.54, 1.807) is 0 Å². The quantitative estimate of drug-likeness (QED) is 0.857. The average Bonchev–Trinajstić information content (AvgIpc) is 2.81. The molecule has 2 nitrogen and oxygen atoms in total. The molecule has 0 aromatic heterocycles. The van der Waals surface area contributed by atoms with E-state index in [-0.39, 0.29) is 6.42 Å². The second kappa shape index (κ2) is 3.54. The first kappa shape index (κ1) is 11.0. The molecule has 0 saturated heterocycles. The number of aryl methyl sites for hydroxylation is 1. The number of alkyl halides is 2. The molecule has 1 atom stereocenters. The predicted octanol–water partition coefficient (Wildman–Crippen LogP) is 2.73. The number of carboxylic acids is 1. The van der Waals surface area contributed by atoms with Crippen molar-refractivity contribution in [3.8, 4) is 0 Å². The number of rotatable bonds is 4. The van der Waals surface area contributed by atoms with Crippen LogP contribution in [0.5, 0.6) is 0 Å². The number of hydrogen-bond donors (Lipinski definition) is 1. The largest absolute Gasteiger partial charge is 0.481 e. The smallest absolute Gasteiger partial charge is 0.316 e. The first-order chi connectivity index (χ1) is 7.48. The van der Waals surface area contributed by atoms with E-state index in [4.69, 9.17) is 5.11 Å². The zero-order valence-electron chi connectivity index (χ0n) is 8.62. The maximum Gasteiger partial charge on any atom is 0.316 e. The molecule has 1 aliphatic rings. The Hall–Kier alpha value is -1.45. The number of carboxylic acid groups (broad SMARTS) is 1. The van der Waals surface area contributed by atoms with Crippen LogP contribution in [0.3, 0.4) is 0 Å². The monoisotopic (exact) mass is 226 g/mol. The van der Waals surface area contributed by atoms with Gasteiger partial charge in [-0.15, -0.1) is 0 Å². The molecule has 2 rings (SSSR count). The van der Waals surface area contributed by atoms with E-state index in [2.05, 4.69) is 0 Å². The number of benzene rings is 1. The van der Waals surface area contributed by atoms with Crippen LogP contribution in [0.15, 0.2) is 30.3 Å². The third-order valence-electron chi connectivity index (χ3n) is 3.19. The molecule has 1 saturated carbocycles. The highest BCUT2D eigenvalue weighted by Gasteiger charge is 2.75. The van der Waals surface area contributed by atoms with Gasteiger partial charge in [-0.25, -0.2) is 8.78 Å². The minimum Gasteiger partial charge on any atom is -0.481 e. The van der Waals surface area contributed by atoms with E-state index in [1.807, 2.05) is 30.3 Å². The van der Waals surface area contributed by atoms with Crippen LogP contribution in [0, 0.1) is 5.41 Å². The maximum atomic E-state index is 13.0. The molecule has 0 bridgehead atoms. The maximum absolute atomic E-state index is 13.0. The van der Waals surface area contributed by atoms with Crippen molar-refractivity contribution in [2.24, 2.45) is 5.41 Å². The second-order valence-electron chi connectivity index (χ2n) is 4.25. The lowest BCUT2D eigenvalue weighted by Crippen LogP contribution is -2.23. The fourth-order valence-electron chi connectivity index (χ4n) is 1.95. The highest BCUT2D eigenvalue weighted by molar-refractivity contribution is 5.80. The molecule has 0 heterocycles. The Kier molecular flexibility index (Phi) is 2.45. The van der Waals surface area contributed by atoms with Gasteiger partial charge in [0.2, 0.25) is 0 Å². The Morgan fingerprint density at radius 1 is 1.31 bits per heavy atom. The van der Waals surface area contributed by atoms with E-state index >= 15 is 0 Å². The summed E-state index contributed by atoms with van der Waals surface area (Å²) < 4.78 is 26.0. The van der Waals surface area contributed by atoms with Crippen molar-refractivity contribution in [2.75, 3.05) is 0 Å². The first-order valence-corrected chi connectivity index (χ1v) is 5.13. The summed E-state index contributed by atoms with van der Waals surface area (Å²) in [4.78, 5) is 10.8. The molecule has 0 spiro atoms.